The van der Waals surface area contributed by atoms with Crippen molar-refractivity contribution in [1.29, 1.82) is 0 Å². The standard InChI is InChI=1S/C20H32ClN5O3.HI/c1-3-22-20(24-9-15-29-18-7-5-4-6-17(18)21)26-12-10-25(11-13-26)16-19(27)23-8-14-28-2;/h4-7H,3,8-16H2,1-2H3,(H,22,24)(H,23,27);1H. The van der Waals surface area contributed by atoms with Crippen LogP contribution in [0.1, 0.15) is 6.92 Å². The predicted octanol–water partition coefficient (Wildman–Crippen LogP) is 1.68. The lowest BCUT2D eigenvalue weighted by Crippen LogP contribution is -2.54. The van der Waals surface area contributed by atoms with E-state index in [1.807, 2.05) is 24.3 Å². The average Bonchev–Trinajstić information content (AvgIpc) is 2.72. The second-order valence-electron chi connectivity index (χ2n) is 6.62. The van der Waals surface area contributed by atoms with Gasteiger partial charge in [0.25, 0.3) is 0 Å². The van der Waals surface area contributed by atoms with Crippen molar-refractivity contribution in [3.8, 4) is 5.75 Å². The Kier molecular flexibility index (Phi) is 13.8. The number of ether oxygens (including phenoxy) is 2. The fraction of sp³-hybridized carbons (Fsp3) is 0.600. The first-order valence-corrected chi connectivity index (χ1v) is 10.4. The fourth-order valence-corrected chi connectivity index (χ4v) is 3.15. The van der Waals surface area contributed by atoms with Crippen LogP contribution in [0.15, 0.2) is 29.3 Å². The molecule has 0 aromatic heterocycles. The SMILES string of the molecule is CCNC(=NCCOc1ccccc1Cl)N1CCN(CC(=O)NCCOC)CC1.I. The van der Waals surface area contributed by atoms with E-state index in [1.165, 1.54) is 0 Å². The Balaban J connectivity index is 0.00000450. The molecule has 1 saturated heterocycles. The van der Waals surface area contributed by atoms with Gasteiger partial charge in [-0.1, -0.05) is 23.7 Å². The molecule has 2 N–H and O–H groups in total. The molecule has 1 heterocycles. The van der Waals surface area contributed by atoms with Crippen LogP contribution >= 0.6 is 35.6 Å². The summed E-state index contributed by atoms with van der Waals surface area (Å²) in [5, 5.41) is 6.80. The number of methoxy groups -OCH3 is 1. The molecule has 0 aliphatic carbocycles. The van der Waals surface area contributed by atoms with E-state index in [4.69, 9.17) is 21.1 Å². The topological polar surface area (TPSA) is 78.4 Å². The first kappa shape index (κ1) is 26.7. The minimum absolute atomic E-state index is 0. The Morgan fingerprint density at radius 2 is 1.90 bits per heavy atom. The summed E-state index contributed by atoms with van der Waals surface area (Å²) in [6, 6.07) is 7.43. The molecule has 1 aromatic rings. The number of nitrogens with zero attached hydrogens (tertiary/aromatic N) is 3. The van der Waals surface area contributed by atoms with Gasteiger partial charge in [0, 0.05) is 46.4 Å². The largest absolute Gasteiger partial charge is 0.490 e. The molecule has 0 saturated carbocycles. The molecule has 0 bridgehead atoms. The molecule has 1 aromatic carbocycles. The highest BCUT2D eigenvalue weighted by molar-refractivity contribution is 14.0. The number of hydrogen-bond donors (Lipinski definition) is 2. The van der Waals surface area contributed by atoms with E-state index in [1.54, 1.807) is 7.11 Å². The molecule has 8 nitrogen and oxygen atoms in total. The summed E-state index contributed by atoms with van der Waals surface area (Å²) < 4.78 is 10.7. The van der Waals surface area contributed by atoms with Gasteiger partial charge in [-0.3, -0.25) is 9.69 Å². The van der Waals surface area contributed by atoms with E-state index in [-0.39, 0.29) is 29.9 Å². The highest BCUT2D eigenvalue weighted by Gasteiger charge is 2.21. The number of benzene rings is 1. The third kappa shape index (κ3) is 9.67. The van der Waals surface area contributed by atoms with Crippen molar-refractivity contribution in [3.05, 3.63) is 29.3 Å². The van der Waals surface area contributed by atoms with Gasteiger partial charge < -0.3 is 25.0 Å². The van der Waals surface area contributed by atoms with Crippen LogP contribution < -0.4 is 15.4 Å². The third-order valence-corrected chi connectivity index (χ3v) is 4.76. The van der Waals surface area contributed by atoms with Crippen LogP contribution in [0, 0.1) is 0 Å². The lowest BCUT2D eigenvalue weighted by Gasteiger charge is -2.36. The van der Waals surface area contributed by atoms with Crippen LogP contribution in [0.25, 0.3) is 0 Å². The zero-order chi connectivity index (χ0) is 20.9. The molecule has 0 unspecified atom stereocenters. The zero-order valence-corrected chi connectivity index (χ0v) is 20.8. The molecule has 10 heteroatoms. The Hall–Kier alpha value is -1.30. The molecule has 1 aliphatic rings. The minimum atomic E-state index is 0. The van der Waals surface area contributed by atoms with Gasteiger partial charge in [0.05, 0.1) is 24.7 Å². The van der Waals surface area contributed by atoms with Gasteiger partial charge in [-0.2, -0.15) is 0 Å². The number of amides is 1. The Morgan fingerprint density at radius 1 is 1.17 bits per heavy atom. The van der Waals surface area contributed by atoms with Crippen molar-refractivity contribution in [1.82, 2.24) is 20.4 Å². The van der Waals surface area contributed by atoms with Gasteiger partial charge in [-0.25, -0.2) is 4.99 Å². The number of aliphatic imine (C=N–C) groups is 1. The van der Waals surface area contributed by atoms with Crippen LogP contribution in [0.2, 0.25) is 5.02 Å². The number of nitrogens with one attached hydrogen (secondary N) is 2. The van der Waals surface area contributed by atoms with Gasteiger partial charge in [-0.15, -0.1) is 24.0 Å². The number of carbonyl (C=O) groups is 1. The van der Waals surface area contributed by atoms with Gasteiger partial charge in [0.2, 0.25) is 5.91 Å². The molecule has 30 heavy (non-hydrogen) atoms. The molecule has 0 spiro atoms. The van der Waals surface area contributed by atoms with Gasteiger partial charge in [0.1, 0.15) is 12.4 Å². The van der Waals surface area contributed by atoms with Gasteiger partial charge in [0.15, 0.2) is 5.96 Å². The maximum absolute atomic E-state index is 11.9. The van der Waals surface area contributed by atoms with Crippen LogP contribution in [0.4, 0.5) is 0 Å². The first-order chi connectivity index (χ1) is 14.1. The molecule has 1 aliphatic heterocycles. The maximum Gasteiger partial charge on any atom is 0.234 e. The van der Waals surface area contributed by atoms with Crippen LogP contribution in [-0.4, -0.2) is 94.3 Å². The number of guanidine groups is 1. The summed E-state index contributed by atoms with van der Waals surface area (Å²) in [5.41, 5.74) is 0. The number of halogens is 2. The number of hydrogen-bond acceptors (Lipinski definition) is 5. The Labute approximate surface area is 201 Å². The van der Waals surface area contributed by atoms with E-state index in [9.17, 15) is 4.79 Å². The molecule has 1 fully saturated rings. The number of para-hydroxylation sites is 1. The average molecular weight is 554 g/mol. The van der Waals surface area contributed by atoms with Crippen LogP contribution in [0.5, 0.6) is 5.75 Å². The van der Waals surface area contributed by atoms with Gasteiger partial charge in [-0.05, 0) is 19.1 Å². The van der Waals surface area contributed by atoms with Crippen molar-refractivity contribution in [3.63, 3.8) is 0 Å². The van der Waals surface area contributed by atoms with Crippen molar-refractivity contribution in [2.75, 3.05) is 72.7 Å². The predicted molar refractivity (Wildman–Crippen MR) is 131 cm³/mol. The third-order valence-electron chi connectivity index (χ3n) is 4.45. The zero-order valence-electron chi connectivity index (χ0n) is 17.7. The molecule has 0 atom stereocenters. The number of piperazine rings is 1. The molecule has 1 amide bonds. The highest BCUT2D eigenvalue weighted by atomic mass is 127. The van der Waals surface area contributed by atoms with E-state index < -0.39 is 0 Å². The van der Waals surface area contributed by atoms with Crippen molar-refractivity contribution in [2.24, 2.45) is 4.99 Å². The second kappa shape index (κ2) is 15.5. The lowest BCUT2D eigenvalue weighted by molar-refractivity contribution is -0.122. The molecule has 0 radical (unpaired) electrons. The summed E-state index contributed by atoms with van der Waals surface area (Å²) in [6.45, 7) is 8.61. The summed E-state index contributed by atoms with van der Waals surface area (Å²) in [6.07, 6.45) is 0. The maximum atomic E-state index is 11.9. The molecule has 2 rings (SSSR count). The first-order valence-electron chi connectivity index (χ1n) is 10.0. The van der Waals surface area contributed by atoms with Crippen LogP contribution in [-0.2, 0) is 9.53 Å². The summed E-state index contributed by atoms with van der Waals surface area (Å²) in [5.74, 6) is 1.58. The van der Waals surface area contributed by atoms with E-state index >= 15 is 0 Å². The number of carbonyl (C=O) groups excluding carboxylic acids is 1. The molecular weight excluding hydrogens is 521 g/mol. The van der Waals surface area contributed by atoms with E-state index in [0.717, 1.165) is 38.7 Å². The summed E-state index contributed by atoms with van der Waals surface area (Å²) >= 11 is 6.10. The number of rotatable bonds is 10. The van der Waals surface area contributed by atoms with Crippen molar-refractivity contribution in [2.45, 2.75) is 6.92 Å². The minimum Gasteiger partial charge on any atom is -0.490 e. The smallest absolute Gasteiger partial charge is 0.234 e. The Bertz CT molecular complexity index is 657. The molecular formula is C20H33ClIN5O3. The van der Waals surface area contributed by atoms with E-state index in [2.05, 4.69) is 32.3 Å². The Morgan fingerprint density at radius 3 is 2.57 bits per heavy atom. The van der Waals surface area contributed by atoms with Crippen LogP contribution in [0.3, 0.4) is 0 Å². The fourth-order valence-electron chi connectivity index (χ4n) is 2.96. The van der Waals surface area contributed by atoms with Crippen molar-refractivity contribution >= 4 is 47.4 Å². The van der Waals surface area contributed by atoms with Gasteiger partial charge >= 0.3 is 0 Å². The normalized spacial score (nSPS) is 14.8. The van der Waals surface area contributed by atoms with E-state index in [0.29, 0.717) is 43.6 Å². The monoisotopic (exact) mass is 553 g/mol. The summed E-state index contributed by atoms with van der Waals surface area (Å²) in [7, 11) is 1.62. The quantitative estimate of drug-likeness (QED) is 0.199. The summed E-state index contributed by atoms with van der Waals surface area (Å²) in [4.78, 5) is 21.0. The molecule has 170 valence electrons. The second-order valence-corrected chi connectivity index (χ2v) is 7.03. The van der Waals surface area contributed by atoms with Crippen molar-refractivity contribution < 1.29 is 14.3 Å². The lowest BCUT2D eigenvalue weighted by atomic mass is 10.3. The highest BCUT2D eigenvalue weighted by Crippen LogP contribution is 2.22.